The summed E-state index contributed by atoms with van der Waals surface area (Å²) in [6, 6.07) is 6.83. The molecule has 7 heteroatoms. The third kappa shape index (κ3) is 2.11. The quantitative estimate of drug-likeness (QED) is 0.788. The molecule has 3 rings (SSSR count). The number of carbonyl (C=O) groups is 1. The van der Waals surface area contributed by atoms with E-state index in [1.807, 2.05) is 0 Å². The van der Waals surface area contributed by atoms with Gasteiger partial charge in [-0.1, -0.05) is 23.2 Å². The number of fused-ring (bicyclic) bond motifs is 1. The Morgan fingerprint density at radius 3 is 2.75 bits per heavy atom. The number of benzene rings is 1. The molecule has 0 fully saturated rings. The molecule has 0 radical (unpaired) electrons. The summed E-state index contributed by atoms with van der Waals surface area (Å²) in [6.07, 6.45) is 2.96. The van der Waals surface area contributed by atoms with E-state index >= 15 is 0 Å². The van der Waals surface area contributed by atoms with Crippen molar-refractivity contribution in [2.45, 2.75) is 0 Å². The minimum Gasteiger partial charge on any atom is -0.476 e. The van der Waals surface area contributed by atoms with E-state index in [0.717, 1.165) is 5.56 Å². The molecule has 0 spiro atoms. The van der Waals surface area contributed by atoms with Gasteiger partial charge in [-0.3, -0.25) is 4.40 Å². The van der Waals surface area contributed by atoms with Crippen LogP contribution in [0, 0.1) is 0 Å². The van der Waals surface area contributed by atoms with Crippen LogP contribution in [0.4, 0.5) is 0 Å². The first kappa shape index (κ1) is 12.9. The van der Waals surface area contributed by atoms with Crippen LogP contribution < -0.4 is 0 Å². The first-order valence-corrected chi connectivity index (χ1v) is 6.34. The number of halogens is 2. The zero-order valence-corrected chi connectivity index (χ0v) is 11.4. The summed E-state index contributed by atoms with van der Waals surface area (Å²) in [5.74, 6) is -0.811. The third-order valence-electron chi connectivity index (χ3n) is 2.80. The van der Waals surface area contributed by atoms with Crippen molar-refractivity contribution in [3.8, 4) is 11.3 Å². The Bertz CT molecular complexity index is 830. The van der Waals surface area contributed by atoms with E-state index in [4.69, 9.17) is 28.3 Å². The van der Waals surface area contributed by atoms with Crippen LogP contribution in [0.15, 0.2) is 36.7 Å². The molecule has 0 atom stereocenters. The smallest absolute Gasteiger partial charge is 0.356 e. The lowest BCUT2D eigenvalue weighted by Crippen LogP contribution is -1.95. The van der Waals surface area contributed by atoms with Crippen molar-refractivity contribution in [2.75, 3.05) is 0 Å². The Kier molecular flexibility index (Phi) is 3.08. The van der Waals surface area contributed by atoms with Crippen LogP contribution in [-0.2, 0) is 0 Å². The van der Waals surface area contributed by atoms with Crippen LogP contribution in [0.2, 0.25) is 10.0 Å². The highest BCUT2D eigenvalue weighted by molar-refractivity contribution is 6.36. The summed E-state index contributed by atoms with van der Waals surface area (Å²) < 4.78 is 1.58. The summed E-state index contributed by atoms with van der Waals surface area (Å²) in [7, 11) is 0. The Morgan fingerprint density at radius 1 is 1.25 bits per heavy atom. The van der Waals surface area contributed by atoms with Gasteiger partial charge in [0, 0.05) is 23.0 Å². The van der Waals surface area contributed by atoms with Gasteiger partial charge in [-0.05, 0) is 24.3 Å². The van der Waals surface area contributed by atoms with Crippen LogP contribution in [-0.4, -0.2) is 25.4 Å². The molecule has 0 amide bonds. The van der Waals surface area contributed by atoms with E-state index in [9.17, 15) is 4.79 Å². The fourth-order valence-electron chi connectivity index (χ4n) is 1.91. The molecular formula is C13H7Cl2N3O2. The number of carboxylic acid groups (broad SMARTS) is 1. The van der Waals surface area contributed by atoms with Crippen LogP contribution >= 0.6 is 23.2 Å². The lowest BCUT2D eigenvalue weighted by Gasteiger charge is -2.07. The van der Waals surface area contributed by atoms with Gasteiger partial charge in [0.1, 0.15) is 0 Å². The maximum Gasteiger partial charge on any atom is 0.356 e. The zero-order valence-electron chi connectivity index (χ0n) is 9.92. The normalized spacial score (nSPS) is 10.9. The Hall–Kier alpha value is -2.11. The molecule has 1 aromatic carbocycles. The highest BCUT2D eigenvalue weighted by Gasteiger charge is 2.14. The minimum atomic E-state index is -1.11. The van der Waals surface area contributed by atoms with Crippen molar-refractivity contribution >= 4 is 34.9 Å². The topological polar surface area (TPSA) is 67.5 Å². The highest BCUT2D eigenvalue weighted by Crippen LogP contribution is 2.30. The van der Waals surface area contributed by atoms with Gasteiger partial charge in [-0.15, -0.1) is 0 Å². The number of hydrogen-bond donors (Lipinski definition) is 1. The molecule has 5 nitrogen and oxygen atoms in total. The SMILES string of the molecule is O=C(O)c1cn2c(-c3ccc(Cl)cc3Cl)ccnc2n1. The van der Waals surface area contributed by atoms with Crippen molar-refractivity contribution in [3.05, 3.63) is 52.4 Å². The van der Waals surface area contributed by atoms with Gasteiger partial charge in [-0.2, -0.15) is 0 Å². The minimum absolute atomic E-state index is 0.0740. The van der Waals surface area contributed by atoms with E-state index in [2.05, 4.69) is 9.97 Å². The summed E-state index contributed by atoms with van der Waals surface area (Å²) in [6.45, 7) is 0. The number of nitrogens with zero attached hydrogens (tertiary/aromatic N) is 3. The molecule has 1 N–H and O–H groups in total. The second kappa shape index (κ2) is 4.77. The van der Waals surface area contributed by atoms with E-state index in [-0.39, 0.29) is 5.69 Å². The lowest BCUT2D eigenvalue weighted by molar-refractivity contribution is 0.0691. The molecule has 0 aliphatic rings. The summed E-state index contributed by atoms with van der Waals surface area (Å²) in [5.41, 5.74) is 1.34. The van der Waals surface area contributed by atoms with Crippen LogP contribution in [0.3, 0.4) is 0 Å². The molecule has 0 unspecified atom stereocenters. The van der Waals surface area contributed by atoms with Crippen molar-refractivity contribution in [3.63, 3.8) is 0 Å². The number of aromatic nitrogens is 3. The van der Waals surface area contributed by atoms with Gasteiger partial charge in [0.25, 0.3) is 0 Å². The predicted molar refractivity (Wildman–Crippen MR) is 75.4 cm³/mol. The Morgan fingerprint density at radius 2 is 2.05 bits per heavy atom. The van der Waals surface area contributed by atoms with E-state index < -0.39 is 5.97 Å². The Labute approximate surface area is 123 Å². The summed E-state index contributed by atoms with van der Waals surface area (Å²) >= 11 is 12.1. The number of rotatable bonds is 2. The first-order valence-electron chi connectivity index (χ1n) is 5.59. The van der Waals surface area contributed by atoms with Crippen molar-refractivity contribution in [2.24, 2.45) is 0 Å². The van der Waals surface area contributed by atoms with Crippen molar-refractivity contribution in [1.29, 1.82) is 0 Å². The van der Waals surface area contributed by atoms with Gasteiger partial charge >= 0.3 is 5.97 Å². The standard InChI is InChI=1S/C13H7Cl2N3O2/c14-7-1-2-8(9(15)5-7)11-3-4-16-13-17-10(12(19)20)6-18(11)13/h1-6H,(H,19,20). The maximum atomic E-state index is 11.0. The fourth-order valence-corrected chi connectivity index (χ4v) is 2.42. The molecule has 2 aromatic heterocycles. The van der Waals surface area contributed by atoms with E-state index in [0.29, 0.717) is 21.5 Å². The molecule has 100 valence electrons. The first-order chi connectivity index (χ1) is 9.56. The predicted octanol–water partition coefficient (Wildman–Crippen LogP) is 3.40. The van der Waals surface area contributed by atoms with Crippen molar-refractivity contribution in [1.82, 2.24) is 14.4 Å². The fraction of sp³-hybridized carbons (Fsp3) is 0. The number of aromatic carboxylic acids is 1. The molecule has 3 aromatic rings. The number of carboxylic acids is 1. The summed E-state index contributed by atoms with van der Waals surface area (Å²) in [4.78, 5) is 18.9. The zero-order chi connectivity index (χ0) is 14.3. The van der Waals surface area contributed by atoms with Crippen molar-refractivity contribution < 1.29 is 9.90 Å². The second-order valence-corrected chi connectivity index (χ2v) is 4.90. The Balaban J connectivity index is 2.28. The van der Waals surface area contributed by atoms with Gasteiger partial charge in [0.15, 0.2) is 5.69 Å². The van der Waals surface area contributed by atoms with Gasteiger partial charge in [0.2, 0.25) is 5.78 Å². The average Bonchev–Trinajstić information content (AvgIpc) is 2.83. The van der Waals surface area contributed by atoms with Crippen LogP contribution in [0.25, 0.3) is 17.0 Å². The molecular weight excluding hydrogens is 301 g/mol. The average molecular weight is 308 g/mol. The van der Waals surface area contributed by atoms with E-state index in [1.54, 1.807) is 34.9 Å². The van der Waals surface area contributed by atoms with E-state index in [1.165, 1.54) is 6.20 Å². The van der Waals surface area contributed by atoms with Gasteiger partial charge in [0.05, 0.1) is 10.7 Å². The molecule has 20 heavy (non-hydrogen) atoms. The maximum absolute atomic E-state index is 11.0. The molecule has 0 aliphatic heterocycles. The van der Waals surface area contributed by atoms with Gasteiger partial charge < -0.3 is 5.11 Å². The summed E-state index contributed by atoms with van der Waals surface area (Å²) in [5, 5.41) is 9.99. The van der Waals surface area contributed by atoms with Crippen LogP contribution in [0.5, 0.6) is 0 Å². The molecule has 0 bridgehead atoms. The van der Waals surface area contributed by atoms with Gasteiger partial charge in [-0.25, -0.2) is 14.8 Å². The lowest BCUT2D eigenvalue weighted by atomic mass is 10.1. The highest BCUT2D eigenvalue weighted by atomic mass is 35.5. The second-order valence-electron chi connectivity index (χ2n) is 4.06. The monoisotopic (exact) mass is 307 g/mol. The third-order valence-corrected chi connectivity index (χ3v) is 3.34. The molecule has 0 saturated heterocycles. The molecule has 2 heterocycles. The molecule has 0 saturated carbocycles. The largest absolute Gasteiger partial charge is 0.476 e. The molecule has 0 aliphatic carbocycles. The number of hydrogen-bond acceptors (Lipinski definition) is 3. The number of imidazole rings is 1. The van der Waals surface area contributed by atoms with Crippen LogP contribution in [0.1, 0.15) is 10.5 Å².